The molecule has 2 heterocycles. The predicted octanol–water partition coefficient (Wildman–Crippen LogP) is 8.22. The van der Waals surface area contributed by atoms with Gasteiger partial charge in [0.2, 0.25) is 5.91 Å². The molecule has 8 heteroatoms. The summed E-state index contributed by atoms with van der Waals surface area (Å²) in [6, 6.07) is 23.9. The zero-order chi connectivity index (χ0) is 26.9. The molecule has 0 radical (unpaired) electrons. The van der Waals surface area contributed by atoms with Gasteiger partial charge in [0.1, 0.15) is 5.65 Å². The standard InChI is InChI=1S/C30H23ClF3N3O/c1-19-3-2-4-21(17-19)22-7-15-27-36-29(20-5-10-24(31)11-6-20)26(37(27)18-22)14-16-28(38)35-25-12-8-23(9-13-25)30(32,33)34/h2-13,15,17-18H,14,16H2,1H3,(H,35,38). The van der Waals surface area contributed by atoms with E-state index in [1.165, 1.54) is 12.1 Å². The summed E-state index contributed by atoms with van der Waals surface area (Å²) in [7, 11) is 0. The van der Waals surface area contributed by atoms with Crippen LogP contribution in [0.4, 0.5) is 18.9 Å². The number of nitrogens with zero attached hydrogens (tertiary/aromatic N) is 2. The Morgan fingerprint density at radius 1 is 0.921 bits per heavy atom. The van der Waals surface area contributed by atoms with Crippen molar-refractivity contribution >= 4 is 28.8 Å². The minimum Gasteiger partial charge on any atom is -0.326 e. The molecule has 0 unspecified atom stereocenters. The van der Waals surface area contributed by atoms with Crippen LogP contribution >= 0.6 is 11.6 Å². The number of halogens is 4. The summed E-state index contributed by atoms with van der Waals surface area (Å²) in [5.41, 5.74) is 5.97. The van der Waals surface area contributed by atoms with Crippen LogP contribution in [0.25, 0.3) is 28.0 Å². The van der Waals surface area contributed by atoms with E-state index in [0.717, 1.165) is 51.4 Å². The molecule has 5 rings (SSSR count). The van der Waals surface area contributed by atoms with Gasteiger partial charge >= 0.3 is 6.18 Å². The number of pyridine rings is 1. The zero-order valence-electron chi connectivity index (χ0n) is 20.4. The average Bonchev–Trinajstić information content (AvgIpc) is 3.25. The summed E-state index contributed by atoms with van der Waals surface area (Å²) in [6.45, 7) is 2.04. The third-order valence-corrected chi connectivity index (χ3v) is 6.52. The lowest BCUT2D eigenvalue weighted by atomic mass is 10.0. The van der Waals surface area contributed by atoms with Gasteiger partial charge in [-0.25, -0.2) is 4.98 Å². The number of hydrogen-bond acceptors (Lipinski definition) is 2. The van der Waals surface area contributed by atoms with Gasteiger partial charge in [-0.1, -0.05) is 53.6 Å². The molecule has 3 aromatic carbocycles. The molecule has 0 saturated heterocycles. The number of aryl methyl sites for hydroxylation is 2. The van der Waals surface area contributed by atoms with E-state index in [2.05, 4.69) is 11.4 Å². The number of carbonyl (C=O) groups is 1. The van der Waals surface area contributed by atoms with E-state index >= 15 is 0 Å². The summed E-state index contributed by atoms with van der Waals surface area (Å²) in [6.07, 6.45) is -1.94. The molecule has 4 nitrogen and oxygen atoms in total. The molecule has 5 aromatic rings. The van der Waals surface area contributed by atoms with Gasteiger partial charge in [-0.05, 0) is 73.0 Å². The fourth-order valence-corrected chi connectivity index (χ4v) is 4.49. The summed E-state index contributed by atoms with van der Waals surface area (Å²) in [5, 5.41) is 3.30. The minimum atomic E-state index is -4.43. The van der Waals surface area contributed by atoms with Crippen molar-refractivity contribution in [2.45, 2.75) is 25.9 Å². The predicted molar refractivity (Wildman–Crippen MR) is 144 cm³/mol. The Labute approximate surface area is 222 Å². The summed E-state index contributed by atoms with van der Waals surface area (Å²) >= 11 is 6.09. The normalized spacial score (nSPS) is 11.6. The molecule has 0 spiro atoms. The van der Waals surface area contributed by atoms with Crippen molar-refractivity contribution in [3.8, 4) is 22.4 Å². The number of benzene rings is 3. The van der Waals surface area contributed by atoms with E-state index in [4.69, 9.17) is 16.6 Å². The summed E-state index contributed by atoms with van der Waals surface area (Å²) in [4.78, 5) is 17.6. The van der Waals surface area contributed by atoms with E-state index in [1.54, 1.807) is 12.1 Å². The van der Waals surface area contributed by atoms with Crippen molar-refractivity contribution in [1.29, 1.82) is 0 Å². The lowest BCUT2D eigenvalue weighted by Crippen LogP contribution is -2.13. The lowest BCUT2D eigenvalue weighted by Gasteiger charge is -2.10. The Kier molecular flexibility index (Phi) is 6.95. The Morgan fingerprint density at radius 2 is 1.63 bits per heavy atom. The molecule has 0 atom stereocenters. The molecular weight excluding hydrogens is 511 g/mol. The van der Waals surface area contributed by atoms with Gasteiger partial charge in [-0.3, -0.25) is 4.79 Å². The second-order valence-electron chi connectivity index (χ2n) is 9.05. The van der Waals surface area contributed by atoms with E-state index in [0.29, 0.717) is 17.1 Å². The number of fused-ring (bicyclic) bond motifs is 1. The molecule has 0 aliphatic heterocycles. The number of amides is 1. The number of carbonyl (C=O) groups excluding carboxylic acids is 1. The number of nitrogens with one attached hydrogen (secondary N) is 1. The SMILES string of the molecule is Cc1cccc(-c2ccc3nc(-c4ccc(Cl)cc4)c(CCC(=O)Nc4ccc(C(F)(F)F)cc4)n3c2)c1. The van der Waals surface area contributed by atoms with Gasteiger partial charge in [0, 0.05) is 28.9 Å². The van der Waals surface area contributed by atoms with Crippen molar-refractivity contribution < 1.29 is 18.0 Å². The van der Waals surface area contributed by atoms with Crippen molar-refractivity contribution in [3.05, 3.63) is 113 Å². The largest absolute Gasteiger partial charge is 0.416 e. The Morgan fingerprint density at radius 3 is 2.32 bits per heavy atom. The zero-order valence-corrected chi connectivity index (χ0v) is 21.1. The average molecular weight is 534 g/mol. The third kappa shape index (κ3) is 5.58. The number of aromatic nitrogens is 2. The highest BCUT2D eigenvalue weighted by atomic mass is 35.5. The Bertz CT molecular complexity index is 1610. The summed E-state index contributed by atoms with van der Waals surface area (Å²) < 4.78 is 40.5. The van der Waals surface area contributed by atoms with Gasteiger partial charge in [-0.2, -0.15) is 13.2 Å². The van der Waals surface area contributed by atoms with Gasteiger partial charge in [0.05, 0.1) is 17.0 Å². The monoisotopic (exact) mass is 533 g/mol. The lowest BCUT2D eigenvalue weighted by molar-refractivity contribution is -0.137. The van der Waals surface area contributed by atoms with Crippen LogP contribution in [-0.4, -0.2) is 15.3 Å². The highest BCUT2D eigenvalue weighted by molar-refractivity contribution is 6.30. The van der Waals surface area contributed by atoms with E-state index in [1.807, 2.05) is 60.0 Å². The van der Waals surface area contributed by atoms with Gasteiger partial charge in [-0.15, -0.1) is 0 Å². The third-order valence-electron chi connectivity index (χ3n) is 6.27. The van der Waals surface area contributed by atoms with Crippen molar-refractivity contribution in [1.82, 2.24) is 9.38 Å². The van der Waals surface area contributed by atoms with Gasteiger partial charge < -0.3 is 9.72 Å². The smallest absolute Gasteiger partial charge is 0.326 e. The van der Waals surface area contributed by atoms with E-state index in [9.17, 15) is 18.0 Å². The van der Waals surface area contributed by atoms with Crippen LogP contribution < -0.4 is 5.32 Å². The maximum Gasteiger partial charge on any atom is 0.416 e. The Balaban J connectivity index is 1.45. The highest BCUT2D eigenvalue weighted by Crippen LogP contribution is 2.31. The van der Waals surface area contributed by atoms with E-state index in [-0.39, 0.29) is 12.3 Å². The molecule has 0 aliphatic carbocycles. The molecule has 0 bridgehead atoms. The van der Waals surface area contributed by atoms with Crippen LogP contribution in [0, 0.1) is 6.92 Å². The van der Waals surface area contributed by atoms with Gasteiger partial charge in [0.25, 0.3) is 0 Å². The van der Waals surface area contributed by atoms with Crippen LogP contribution in [0.3, 0.4) is 0 Å². The van der Waals surface area contributed by atoms with Crippen molar-refractivity contribution in [2.75, 3.05) is 5.32 Å². The first-order valence-corrected chi connectivity index (χ1v) is 12.4. The molecule has 0 saturated carbocycles. The second-order valence-corrected chi connectivity index (χ2v) is 9.49. The minimum absolute atomic E-state index is 0.115. The summed E-state index contributed by atoms with van der Waals surface area (Å²) in [5.74, 6) is -0.309. The number of anilines is 1. The fourth-order valence-electron chi connectivity index (χ4n) is 4.36. The molecule has 192 valence electrons. The maximum atomic E-state index is 12.8. The molecular formula is C30H23ClF3N3O. The van der Waals surface area contributed by atoms with Crippen LogP contribution in [0.1, 0.15) is 23.2 Å². The van der Waals surface area contributed by atoms with Crippen LogP contribution in [0.5, 0.6) is 0 Å². The quantitative estimate of drug-likeness (QED) is 0.239. The molecule has 0 fully saturated rings. The molecule has 0 aliphatic rings. The maximum absolute atomic E-state index is 12.8. The van der Waals surface area contributed by atoms with Crippen LogP contribution in [0.15, 0.2) is 91.1 Å². The number of imidazole rings is 1. The highest BCUT2D eigenvalue weighted by Gasteiger charge is 2.30. The fraction of sp³-hybridized carbons (Fsp3) is 0.133. The molecule has 38 heavy (non-hydrogen) atoms. The molecule has 2 aromatic heterocycles. The molecule has 1 N–H and O–H groups in total. The first kappa shape index (κ1) is 25.5. The van der Waals surface area contributed by atoms with Crippen molar-refractivity contribution in [3.63, 3.8) is 0 Å². The van der Waals surface area contributed by atoms with E-state index < -0.39 is 11.7 Å². The van der Waals surface area contributed by atoms with Crippen LogP contribution in [-0.2, 0) is 17.4 Å². The Hall–Kier alpha value is -4.10. The van der Waals surface area contributed by atoms with Gasteiger partial charge in [0.15, 0.2) is 0 Å². The van der Waals surface area contributed by atoms with Crippen LogP contribution in [0.2, 0.25) is 5.02 Å². The number of hydrogen-bond donors (Lipinski definition) is 1. The second kappa shape index (κ2) is 10.3. The number of rotatable bonds is 6. The topological polar surface area (TPSA) is 46.4 Å². The molecule has 1 amide bonds. The van der Waals surface area contributed by atoms with Crippen molar-refractivity contribution in [2.24, 2.45) is 0 Å². The number of alkyl halides is 3. The first-order valence-electron chi connectivity index (χ1n) is 12.0. The first-order chi connectivity index (χ1) is 18.2.